The van der Waals surface area contributed by atoms with Gasteiger partial charge in [-0.3, -0.25) is 14.7 Å². The molecule has 1 fully saturated rings. The topological polar surface area (TPSA) is 84.1 Å². The maximum absolute atomic E-state index is 12.3. The molecule has 29 heavy (non-hydrogen) atoms. The lowest BCUT2D eigenvalue weighted by molar-refractivity contribution is -0.121. The largest absolute Gasteiger partial charge is 0.352 e. The molecule has 0 atom stereocenters. The van der Waals surface area contributed by atoms with Crippen molar-refractivity contribution >= 4 is 5.91 Å². The van der Waals surface area contributed by atoms with Crippen molar-refractivity contribution in [1.29, 1.82) is 0 Å². The third-order valence-corrected chi connectivity index (χ3v) is 5.16. The van der Waals surface area contributed by atoms with Crippen LogP contribution in [0.3, 0.4) is 0 Å². The molecule has 1 aliphatic heterocycles. The van der Waals surface area contributed by atoms with Crippen molar-refractivity contribution in [2.75, 3.05) is 13.1 Å². The number of likely N-dealkylation sites (tertiary alicyclic amines) is 1. The van der Waals surface area contributed by atoms with Gasteiger partial charge in [-0.25, -0.2) is 0 Å². The van der Waals surface area contributed by atoms with E-state index < -0.39 is 0 Å². The van der Waals surface area contributed by atoms with Gasteiger partial charge in [-0.1, -0.05) is 29.4 Å². The number of pyridine rings is 1. The summed E-state index contributed by atoms with van der Waals surface area (Å²) in [6.45, 7) is 3.81. The molecular weight excluding hydrogens is 366 g/mol. The Bertz CT molecular complexity index is 935. The minimum absolute atomic E-state index is 0.0235. The van der Waals surface area contributed by atoms with E-state index in [-0.39, 0.29) is 5.91 Å². The molecule has 1 N–H and O–H groups in total. The first-order chi connectivity index (χ1) is 14.3. The fourth-order valence-electron chi connectivity index (χ4n) is 3.54. The average Bonchev–Trinajstić information content (AvgIpc) is 3.44. The Morgan fingerprint density at radius 1 is 1.07 bits per heavy atom. The molecule has 0 spiro atoms. The quantitative estimate of drug-likeness (QED) is 0.636. The van der Waals surface area contributed by atoms with Gasteiger partial charge in [-0.15, -0.1) is 0 Å². The van der Waals surface area contributed by atoms with E-state index in [4.69, 9.17) is 4.52 Å². The van der Waals surface area contributed by atoms with Crippen LogP contribution in [-0.4, -0.2) is 39.0 Å². The highest BCUT2D eigenvalue weighted by molar-refractivity contribution is 5.76. The van der Waals surface area contributed by atoms with Crippen LogP contribution in [0.4, 0.5) is 0 Å². The molecule has 7 nitrogen and oxygen atoms in total. The summed E-state index contributed by atoms with van der Waals surface area (Å²) in [5.41, 5.74) is 3.30. The number of nitrogens with zero attached hydrogens (tertiary/aromatic N) is 4. The van der Waals surface area contributed by atoms with E-state index in [0.717, 1.165) is 25.2 Å². The predicted molar refractivity (Wildman–Crippen MR) is 109 cm³/mol. The van der Waals surface area contributed by atoms with Crippen LogP contribution in [0.2, 0.25) is 0 Å². The number of aryl methyl sites for hydroxylation is 1. The van der Waals surface area contributed by atoms with Crippen LogP contribution < -0.4 is 5.32 Å². The van der Waals surface area contributed by atoms with Gasteiger partial charge in [0.1, 0.15) is 0 Å². The summed E-state index contributed by atoms with van der Waals surface area (Å²) in [5.74, 6) is 0.949. The molecule has 150 valence electrons. The fourth-order valence-corrected chi connectivity index (χ4v) is 3.54. The van der Waals surface area contributed by atoms with Crippen molar-refractivity contribution in [3.05, 3.63) is 65.8 Å². The molecule has 2 aromatic heterocycles. The highest BCUT2D eigenvalue weighted by atomic mass is 16.5. The Morgan fingerprint density at radius 2 is 1.83 bits per heavy atom. The van der Waals surface area contributed by atoms with Gasteiger partial charge >= 0.3 is 0 Å². The van der Waals surface area contributed by atoms with Gasteiger partial charge in [0, 0.05) is 43.9 Å². The van der Waals surface area contributed by atoms with Crippen LogP contribution in [0.25, 0.3) is 11.4 Å². The molecule has 0 bridgehead atoms. The van der Waals surface area contributed by atoms with Gasteiger partial charge in [0.05, 0.1) is 0 Å². The van der Waals surface area contributed by atoms with Gasteiger partial charge in [0.25, 0.3) is 0 Å². The Hall–Kier alpha value is -3.06. The zero-order valence-corrected chi connectivity index (χ0v) is 16.4. The van der Waals surface area contributed by atoms with Crippen LogP contribution >= 0.6 is 0 Å². The van der Waals surface area contributed by atoms with Gasteiger partial charge in [0.15, 0.2) is 0 Å². The SMILES string of the molecule is O=C(CCc1nc(-c2ccncc2)no1)NCc1ccccc1CN1CCCC1. The van der Waals surface area contributed by atoms with E-state index in [1.807, 2.05) is 18.2 Å². The number of rotatable bonds is 8. The van der Waals surface area contributed by atoms with Crippen molar-refractivity contribution in [2.24, 2.45) is 0 Å². The van der Waals surface area contributed by atoms with E-state index in [0.29, 0.717) is 31.1 Å². The first-order valence-corrected chi connectivity index (χ1v) is 10.1. The number of carbonyl (C=O) groups excluding carboxylic acids is 1. The van der Waals surface area contributed by atoms with E-state index >= 15 is 0 Å². The molecule has 3 heterocycles. The smallest absolute Gasteiger partial charge is 0.227 e. The Labute approximate surface area is 170 Å². The highest BCUT2D eigenvalue weighted by Crippen LogP contribution is 2.17. The molecule has 0 aliphatic carbocycles. The maximum Gasteiger partial charge on any atom is 0.227 e. The number of carbonyl (C=O) groups is 1. The van der Waals surface area contributed by atoms with Crippen molar-refractivity contribution in [3.8, 4) is 11.4 Å². The summed E-state index contributed by atoms with van der Waals surface area (Å²) in [5, 5.41) is 6.99. The Balaban J connectivity index is 1.27. The Morgan fingerprint density at radius 3 is 2.62 bits per heavy atom. The number of hydrogen-bond donors (Lipinski definition) is 1. The molecule has 0 saturated carbocycles. The maximum atomic E-state index is 12.3. The van der Waals surface area contributed by atoms with E-state index in [1.54, 1.807) is 12.4 Å². The number of aromatic nitrogens is 3. The summed E-state index contributed by atoms with van der Waals surface area (Å²) in [4.78, 5) is 23.1. The van der Waals surface area contributed by atoms with Gasteiger partial charge in [0.2, 0.25) is 17.6 Å². The lowest BCUT2D eigenvalue weighted by Crippen LogP contribution is -2.25. The fraction of sp³-hybridized carbons (Fsp3) is 0.364. The van der Waals surface area contributed by atoms with E-state index in [1.165, 1.54) is 24.0 Å². The third-order valence-electron chi connectivity index (χ3n) is 5.16. The van der Waals surface area contributed by atoms with Gasteiger partial charge < -0.3 is 9.84 Å². The lowest BCUT2D eigenvalue weighted by atomic mass is 10.1. The van der Waals surface area contributed by atoms with Crippen molar-refractivity contribution in [3.63, 3.8) is 0 Å². The van der Waals surface area contributed by atoms with Gasteiger partial charge in [-0.05, 0) is 49.2 Å². The van der Waals surface area contributed by atoms with Crippen molar-refractivity contribution in [1.82, 2.24) is 25.3 Å². The zero-order chi connectivity index (χ0) is 19.9. The molecule has 3 aromatic rings. The monoisotopic (exact) mass is 391 g/mol. The van der Waals surface area contributed by atoms with Crippen LogP contribution in [0, 0.1) is 0 Å². The standard InChI is InChI=1S/C22H25N5O2/c28-20(7-8-21-25-22(26-29-21)17-9-11-23-12-10-17)24-15-18-5-1-2-6-19(18)16-27-13-3-4-14-27/h1-2,5-6,9-12H,3-4,7-8,13-16H2,(H,24,28). The second kappa shape index (κ2) is 9.43. The summed E-state index contributed by atoms with van der Waals surface area (Å²) in [6.07, 6.45) is 6.64. The van der Waals surface area contributed by atoms with Crippen molar-refractivity contribution in [2.45, 2.75) is 38.8 Å². The summed E-state index contributed by atoms with van der Waals surface area (Å²) >= 11 is 0. The predicted octanol–water partition coefficient (Wildman–Crippen LogP) is 2.98. The zero-order valence-electron chi connectivity index (χ0n) is 16.4. The summed E-state index contributed by atoms with van der Waals surface area (Å²) in [7, 11) is 0. The Kier molecular flexibility index (Phi) is 6.26. The van der Waals surface area contributed by atoms with Crippen LogP contribution in [0.15, 0.2) is 53.3 Å². The second-order valence-electron chi connectivity index (χ2n) is 7.28. The summed E-state index contributed by atoms with van der Waals surface area (Å²) < 4.78 is 5.26. The third kappa shape index (κ3) is 5.26. The van der Waals surface area contributed by atoms with Gasteiger partial charge in [-0.2, -0.15) is 4.98 Å². The summed E-state index contributed by atoms with van der Waals surface area (Å²) in [6, 6.07) is 12.0. The molecule has 0 unspecified atom stereocenters. The average molecular weight is 391 g/mol. The molecular formula is C22H25N5O2. The number of nitrogens with one attached hydrogen (secondary N) is 1. The number of amides is 1. The minimum Gasteiger partial charge on any atom is -0.352 e. The second-order valence-corrected chi connectivity index (χ2v) is 7.28. The van der Waals surface area contributed by atoms with Crippen molar-refractivity contribution < 1.29 is 9.32 Å². The number of benzene rings is 1. The molecule has 1 saturated heterocycles. The molecule has 7 heteroatoms. The van der Waals surface area contributed by atoms with Crippen LogP contribution in [0.1, 0.15) is 36.3 Å². The first kappa shape index (κ1) is 19.3. The number of hydrogen-bond acceptors (Lipinski definition) is 6. The van der Waals surface area contributed by atoms with E-state index in [2.05, 4.69) is 43.5 Å². The lowest BCUT2D eigenvalue weighted by Gasteiger charge is -2.17. The van der Waals surface area contributed by atoms with Crippen LogP contribution in [0.5, 0.6) is 0 Å². The van der Waals surface area contributed by atoms with Crippen LogP contribution in [-0.2, 0) is 24.3 Å². The highest BCUT2D eigenvalue weighted by Gasteiger charge is 2.14. The molecule has 0 radical (unpaired) electrons. The molecule has 4 rings (SSSR count). The minimum atomic E-state index is -0.0235. The molecule has 1 aromatic carbocycles. The molecule has 1 aliphatic rings. The first-order valence-electron chi connectivity index (χ1n) is 10.1. The van der Waals surface area contributed by atoms with E-state index in [9.17, 15) is 4.79 Å². The molecule has 1 amide bonds. The normalized spacial score (nSPS) is 14.2.